The number of hydrogen-bond donors (Lipinski definition) is 0. The van der Waals surface area contributed by atoms with Crippen LogP contribution in [0.15, 0.2) is 71.9 Å². The Kier molecular flexibility index (Phi) is 6.26. The lowest BCUT2D eigenvalue weighted by Gasteiger charge is -2.35. The lowest BCUT2D eigenvalue weighted by molar-refractivity contribution is 0.0742. The van der Waals surface area contributed by atoms with E-state index in [1.54, 1.807) is 30.2 Å². The van der Waals surface area contributed by atoms with Gasteiger partial charge in [-0.15, -0.1) is 11.8 Å². The van der Waals surface area contributed by atoms with Crippen molar-refractivity contribution in [3.63, 3.8) is 0 Å². The molecule has 4 rings (SSSR count). The first-order chi connectivity index (χ1) is 14.7. The van der Waals surface area contributed by atoms with E-state index in [0.717, 1.165) is 34.9 Å². The van der Waals surface area contributed by atoms with Gasteiger partial charge in [0.25, 0.3) is 5.91 Å². The minimum absolute atomic E-state index is 0.0616. The van der Waals surface area contributed by atoms with Crippen molar-refractivity contribution in [2.24, 2.45) is 0 Å². The quantitative estimate of drug-likeness (QED) is 0.593. The van der Waals surface area contributed by atoms with Crippen molar-refractivity contribution >= 4 is 23.6 Å². The second-order valence-electron chi connectivity index (χ2n) is 6.92. The number of nitriles is 1. The Hall–Kier alpha value is -3.37. The molecule has 0 spiro atoms. The van der Waals surface area contributed by atoms with Crippen molar-refractivity contribution in [3.8, 4) is 6.07 Å². The maximum Gasteiger partial charge on any atom is 0.255 e. The summed E-state index contributed by atoms with van der Waals surface area (Å²) in [6.45, 7) is 2.73. The first kappa shape index (κ1) is 19.9. The molecule has 1 aromatic heterocycles. The summed E-state index contributed by atoms with van der Waals surface area (Å²) >= 11 is 1.64. The molecule has 0 saturated carbocycles. The molecule has 30 heavy (non-hydrogen) atoms. The van der Waals surface area contributed by atoms with Gasteiger partial charge in [-0.2, -0.15) is 5.26 Å². The van der Waals surface area contributed by atoms with Crippen LogP contribution < -0.4 is 4.90 Å². The predicted molar refractivity (Wildman–Crippen MR) is 117 cm³/mol. The van der Waals surface area contributed by atoms with Crippen molar-refractivity contribution < 1.29 is 4.79 Å². The maximum absolute atomic E-state index is 13.2. The minimum Gasteiger partial charge on any atom is -0.337 e. The van der Waals surface area contributed by atoms with Gasteiger partial charge in [-0.1, -0.05) is 24.3 Å². The Balaban J connectivity index is 1.40. The molecule has 150 valence electrons. The zero-order valence-electron chi connectivity index (χ0n) is 16.4. The lowest BCUT2D eigenvalue weighted by atomic mass is 10.2. The Bertz CT molecular complexity index is 1040. The summed E-state index contributed by atoms with van der Waals surface area (Å²) in [4.78, 5) is 26.8. The number of rotatable bonds is 5. The van der Waals surface area contributed by atoms with Crippen LogP contribution in [-0.2, 0) is 5.75 Å². The molecule has 0 atom stereocenters. The van der Waals surface area contributed by atoms with Gasteiger partial charge in [0.15, 0.2) is 0 Å². The fraction of sp³-hybridized carbons (Fsp3) is 0.217. The number of anilines is 1. The number of carbonyl (C=O) groups is 1. The summed E-state index contributed by atoms with van der Waals surface area (Å²) in [7, 11) is 0. The second kappa shape index (κ2) is 9.42. The summed E-state index contributed by atoms with van der Waals surface area (Å²) in [5.74, 6) is 1.52. The van der Waals surface area contributed by atoms with Crippen molar-refractivity contribution in [2.75, 3.05) is 31.1 Å². The van der Waals surface area contributed by atoms with Gasteiger partial charge in [0.1, 0.15) is 0 Å². The number of amides is 1. The van der Waals surface area contributed by atoms with E-state index in [1.165, 1.54) is 0 Å². The molecule has 7 heteroatoms. The van der Waals surface area contributed by atoms with E-state index in [0.29, 0.717) is 24.6 Å². The molecule has 1 fully saturated rings. The number of nitrogens with zero attached hydrogens (tertiary/aromatic N) is 5. The van der Waals surface area contributed by atoms with Gasteiger partial charge in [0.2, 0.25) is 5.95 Å². The second-order valence-corrected chi connectivity index (χ2v) is 7.94. The van der Waals surface area contributed by atoms with Crippen LogP contribution >= 0.6 is 11.8 Å². The highest BCUT2D eigenvalue weighted by Gasteiger charge is 2.24. The van der Waals surface area contributed by atoms with Gasteiger partial charge in [-0.3, -0.25) is 4.79 Å². The largest absolute Gasteiger partial charge is 0.337 e. The monoisotopic (exact) mass is 415 g/mol. The smallest absolute Gasteiger partial charge is 0.255 e. The SMILES string of the molecule is N#Cc1ccc(CSc2ccccc2C(=O)N2CCN(c3ncccn3)CC2)cc1. The molecule has 1 aliphatic rings. The highest BCUT2D eigenvalue weighted by molar-refractivity contribution is 7.98. The molecule has 6 nitrogen and oxygen atoms in total. The molecular formula is C23H21N5OS. The third kappa shape index (κ3) is 4.61. The van der Waals surface area contributed by atoms with E-state index in [1.807, 2.05) is 53.4 Å². The fourth-order valence-corrected chi connectivity index (χ4v) is 4.34. The number of hydrogen-bond acceptors (Lipinski definition) is 6. The van der Waals surface area contributed by atoms with Crippen molar-refractivity contribution in [2.45, 2.75) is 10.6 Å². The van der Waals surface area contributed by atoms with Gasteiger partial charge in [-0.05, 0) is 35.9 Å². The van der Waals surface area contributed by atoms with Gasteiger partial charge < -0.3 is 9.80 Å². The minimum atomic E-state index is 0.0616. The van der Waals surface area contributed by atoms with E-state index in [2.05, 4.69) is 20.9 Å². The fourth-order valence-electron chi connectivity index (χ4n) is 3.34. The highest BCUT2D eigenvalue weighted by atomic mass is 32.2. The van der Waals surface area contributed by atoms with E-state index < -0.39 is 0 Å². The molecule has 2 heterocycles. The highest BCUT2D eigenvalue weighted by Crippen LogP contribution is 2.28. The summed E-state index contributed by atoms with van der Waals surface area (Å²) < 4.78 is 0. The molecular weight excluding hydrogens is 394 g/mol. The summed E-state index contributed by atoms with van der Waals surface area (Å²) in [6.07, 6.45) is 3.47. The topological polar surface area (TPSA) is 73.1 Å². The Labute approximate surface area is 180 Å². The molecule has 0 bridgehead atoms. The lowest BCUT2D eigenvalue weighted by Crippen LogP contribution is -2.49. The Morgan fingerprint density at radius 2 is 1.67 bits per heavy atom. The van der Waals surface area contributed by atoms with Crippen LogP contribution in [0.5, 0.6) is 0 Å². The summed E-state index contributed by atoms with van der Waals surface area (Å²) in [5.41, 5.74) is 2.51. The number of carbonyl (C=O) groups excluding carboxylic acids is 1. The zero-order valence-corrected chi connectivity index (χ0v) is 17.3. The molecule has 1 saturated heterocycles. The summed E-state index contributed by atoms with van der Waals surface area (Å²) in [6, 6.07) is 19.3. The number of benzene rings is 2. The molecule has 2 aromatic carbocycles. The predicted octanol–water partition coefficient (Wildman–Crippen LogP) is 3.60. The Morgan fingerprint density at radius 3 is 2.37 bits per heavy atom. The standard InChI is InChI=1S/C23H21N5OS/c24-16-18-6-8-19(9-7-18)17-30-21-5-2-1-4-20(21)22(29)27-12-14-28(15-13-27)23-25-10-3-11-26-23/h1-11H,12-15,17H2. The van der Waals surface area contributed by atoms with Crippen LogP contribution in [0, 0.1) is 11.3 Å². The van der Waals surface area contributed by atoms with Gasteiger partial charge in [0.05, 0.1) is 17.2 Å². The Morgan fingerprint density at radius 1 is 0.967 bits per heavy atom. The van der Waals surface area contributed by atoms with Gasteiger partial charge >= 0.3 is 0 Å². The van der Waals surface area contributed by atoms with E-state index in [-0.39, 0.29) is 5.91 Å². The molecule has 3 aromatic rings. The number of aromatic nitrogens is 2. The van der Waals surface area contributed by atoms with Crippen molar-refractivity contribution in [3.05, 3.63) is 83.7 Å². The van der Waals surface area contributed by atoms with E-state index in [4.69, 9.17) is 5.26 Å². The van der Waals surface area contributed by atoms with E-state index in [9.17, 15) is 4.79 Å². The first-order valence-electron chi connectivity index (χ1n) is 9.77. The average Bonchev–Trinajstić information content (AvgIpc) is 2.83. The van der Waals surface area contributed by atoms with Crippen molar-refractivity contribution in [1.29, 1.82) is 5.26 Å². The van der Waals surface area contributed by atoms with Crippen LogP contribution in [-0.4, -0.2) is 47.0 Å². The van der Waals surface area contributed by atoms with Crippen LogP contribution in [0.25, 0.3) is 0 Å². The summed E-state index contributed by atoms with van der Waals surface area (Å²) in [5, 5.41) is 8.93. The normalized spacial score (nSPS) is 13.7. The molecule has 0 radical (unpaired) electrons. The third-order valence-electron chi connectivity index (χ3n) is 5.00. The van der Waals surface area contributed by atoms with Crippen LogP contribution in [0.3, 0.4) is 0 Å². The molecule has 0 N–H and O–H groups in total. The molecule has 0 unspecified atom stereocenters. The van der Waals surface area contributed by atoms with Crippen LogP contribution in [0.1, 0.15) is 21.5 Å². The van der Waals surface area contributed by atoms with E-state index >= 15 is 0 Å². The van der Waals surface area contributed by atoms with Crippen LogP contribution in [0.4, 0.5) is 5.95 Å². The van der Waals surface area contributed by atoms with Gasteiger partial charge in [0, 0.05) is 49.2 Å². The third-order valence-corrected chi connectivity index (χ3v) is 6.14. The average molecular weight is 416 g/mol. The first-order valence-corrected chi connectivity index (χ1v) is 10.8. The molecule has 1 amide bonds. The molecule has 1 aliphatic heterocycles. The zero-order chi connectivity index (χ0) is 20.8. The maximum atomic E-state index is 13.2. The number of piperazine rings is 1. The van der Waals surface area contributed by atoms with Crippen LogP contribution in [0.2, 0.25) is 0 Å². The van der Waals surface area contributed by atoms with Crippen molar-refractivity contribution in [1.82, 2.24) is 14.9 Å². The number of thioether (sulfide) groups is 1. The van der Waals surface area contributed by atoms with Gasteiger partial charge in [-0.25, -0.2) is 9.97 Å². The molecule has 0 aliphatic carbocycles.